The standard InChI is InChI=1S/C18H18N2O2S/c1-13-7-14(2)9-16(8-13)11-20-17(23)3-5-19(18(20)21)10-15-4-6-22-12-15/h3-9,12H,10-11H2,1-2H3. The molecule has 0 atom stereocenters. The van der Waals surface area contributed by atoms with Crippen molar-refractivity contribution in [1.29, 1.82) is 0 Å². The predicted molar refractivity (Wildman–Crippen MR) is 92.4 cm³/mol. The number of furan rings is 1. The van der Waals surface area contributed by atoms with E-state index in [2.05, 4.69) is 32.0 Å². The lowest BCUT2D eigenvalue weighted by Gasteiger charge is -2.11. The van der Waals surface area contributed by atoms with Gasteiger partial charge in [0.25, 0.3) is 0 Å². The molecule has 0 spiro atoms. The molecule has 0 saturated carbocycles. The van der Waals surface area contributed by atoms with E-state index in [-0.39, 0.29) is 5.69 Å². The molecule has 0 aliphatic rings. The Balaban J connectivity index is 1.98. The summed E-state index contributed by atoms with van der Waals surface area (Å²) in [5.41, 5.74) is 4.28. The molecule has 2 aromatic heterocycles. The van der Waals surface area contributed by atoms with Crippen molar-refractivity contribution in [2.75, 3.05) is 0 Å². The minimum atomic E-state index is -0.113. The molecule has 0 fully saturated rings. The van der Waals surface area contributed by atoms with Crippen molar-refractivity contribution in [3.05, 3.63) is 86.4 Å². The maximum atomic E-state index is 12.7. The first kappa shape index (κ1) is 15.5. The molecule has 0 N–H and O–H groups in total. The number of nitrogens with zero attached hydrogens (tertiary/aromatic N) is 2. The van der Waals surface area contributed by atoms with Gasteiger partial charge in [-0.1, -0.05) is 41.5 Å². The van der Waals surface area contributed by atoms with Crippen molar-refractivity contribution in [3.8, 4) is 0 Å². The summed E-state index contributed by atoms with van der Waals surface area (Å²) in [4.78, 5) is 12.7. The van der Waals surface area contributed by atoms with Crippen LogP contribution in [0.4, 0.5) is 0 Å². The van der Waals surface area contributed by atoms with Gasteiger partial charge in [-0.3, -0.25) is 9.13 Å². The molecule has 0 amide bonds. The Morgan fingerprint density at radius 3 is 2.43 bits per heavy atom. The van der Waals surface area contributed by atoms with E-state index >= 15 is 0 Å². The lowest BCUT2D eigenvalue weighted by molar-refractivity contribution is 0.558. The molecule has 3 rings (SSSR count). The van der Waals surface area contributed by atoms with Gasteiger partial charge in [-0.05, 0) is 31.5 Å². The lowest BCUT2D eigenvalue weighted by atomic mass is 10.1. The fraction of sp³-hybridized carbons (Fsp3) is 0.222. The molecule has 0 aliphatic heterocycles. The second-order valence-corrected chi connectivity index (χ2v) is 6.20. The molecular formula is C18H18N2O2S. The molecule has 0 saturated heterocycles. The van der Waals surface area contributed by atoms with Crippen molar-refractivity contribution in [3.63, 3.8) is 0 Å². The van der Waals surface area contributed by atoms with Crippen molar-refractivity contribution in [2.45, 2.75) is 26.9 Å². The summed E-state index contributed by atoms with van der Waals surface area (Å²) in [6, 6.07) is 9.93. The van der Waals surface area contributed by atoms with Crippen molar-refractivity contribution < 1.29 is 4.42 Å². The van der Waals surface area contributed by atoms with Gasteiger partial charge in [-0.2, -0.15) is 0 Å². The fourth-order valence-electron chi connectivity index (χ4n) is 2.74. The highest BCUT2D eigenvalue weighted by atomic mass is 32.1. The molecule has 0 aliphatic carbocycles. The minimum absolute atomic E-state index is 0.113. The third-order valence-electron chi connectivity index (χ3n) is 3.69. The van der Waals surface area contributed by atoms with Crippen LogP contribution in [-0.4, -0.2) is 9.13 Å². The zero-order chi connectivity index (χ0) is 16.4. The number of hydrogen-bond donors (Lipinski definition) is 0. The number of hydrogen-bond acceptors (Lipinski definition) is 3. The monoisotopic (exact) mass is 326 g/mol. The van der Waals surface area contributed by atoms with Gasteiger partial charge in [0.1, 0.15) is 4.64 Å². The maximum absolute atomic E-state index is 12.7. The zero-order valence-electron chi connectivity index (χ0n) is 13.2. The van der Waals surface area contributed by atoms with Crippen molar-refractivity contribution in [2.24, 2.45) is 0 Å². The van der Waals surface area contributed by atoms with Gasteiger partial charge in [0.05, 0.1) is 25.6 Å². The van der Waals surface area contributed by atoms with E-state index in [9.17, 15) is 4.79 Å². The highest BCUT2D eigenvalue weighted by Crippen LogP contribution is 2.10. The van der Waals surface area contributed by atoms with Crippen LogP contribution < -0.4 is 5.69 Å². The molecule has 0 bridgehead atoms. The van der Waals surface area contributed by atoms with Crippen LogP contribution in [0.1, 0.15) is 22.3 Å². The minimum Gasteiger partial charge on any atom is -0.472 e. The van der Waals surface area contributed by atoms with Gasteiger partial charge >= 0.3 is 5.69 Å². The predicted octanol–water partition coefficient (Wildman–Crippen LogP) is 3.69. The molecule has 1 aromatic carbocycles. The SMILES string of the molecule is Cc1cc(C)cc(Cn2c(=S)ccn(Cc3ccoc3)c2=O)c1. The number of benzene rings is 1. The first-order chi connectivity index (χ1) is 11.0. The molecule has 2 heterocycles. The third kappa shape index (κ3) is 3.51. The molecule has 0 radical (unpaired) electrons. The van der Waals surface area contributed by atoms with Crippen molar-refractivity contribution in [1.82, 2.24) is 9.13 Å². The summed E-state index contributed by atoms with van der Waals surface area (Å²) in [6.07, 6.45) is 4.98. The molecule has 118 valence electrons. The molecule has 0 unspecified atom stereocenters. The smallest absolute Gasteiger partial charge is 0.329 e. The number of aryl methyl sites for hydroxylation is 2. The van der Waals surface area contributed by atoms with E-state index in [4.69, 9.17) is 16.6 Å². The Morgan fingerprint density at radius 1 is 1.04 bits per heavy atom. The van der Waals surface area contributed by atoms with Crippen LogP contribution in [0.5, 0.6) is 0 Å². The molecule has 4 nitrogen and oxygen atoms in total. The lowest BCUT2D eigenvalue weighted by Crippen LogP contribution is -2.31. The number of rotatable bonds is 4. The first-order valence-electron chi connectivity index (χ1n) is 7.41. The fourth-order valence-corrected chi connectivity index (χ4v) is 2.95. The summed E-state index contributed by atoms with van der Waals surface area (Å²) < 4.78 is 8.87. The highest BCUT2D eigenvalue weighted by Gasteiger charge is 2.06. The van der Waals surface area contributed by atoms with Gasteiger partial charge < -0.3 is 4.42 Å². The van der Waals surface area contributed by atoms with Gasteiger partial charge in [-0.25, -0.2) is 4.79 Å². The second kappa shape index (κ2) is 6.38. The van der Waals surface area contributed by atoms with E-state index in [0.29, 0.717) is 17.7 Å². The molecular weight excluding hydrogens is 308 g/mol. The van der Waals surface area contributed by atoms with E-state index in [1.54, 1.807) is 33.9 Å². The summed E-state index contributed by atoms with van der Waals surface area (Å²) in [5, 5.41) is 0. The summed E-state index contributed by atoms with van der Waals surface area (Å²) in [5.74, 6) is 0. The first-order valence-corrected chi connectivity index (χ1v) is 7.82. The van der Waals surface area contributed by atoms with Crippen LogP contribution in [0.25, 0.3) is 0 Å². The Kier molecular flexibility index (Phi) is 4.30. The van der Waals surface area contributed by atoms with Gasteiger partial charge in [-0.15, -0.1) is 0 Å². The quantitative estimate of drug-likeness (QED) is 0.687. The topological polar surface area (TPSA) is 40.1 Å². The molecule has 23 heavy (non-hydrogen) atoms. The largest absolute Gasteiger partial charge is 0.472 e. The van der Waals surface area contributed by atoms with E-state index in [1.807, 2.05) is 6.07 Å². The third-order valence-corrected chi connectivity index (χ3v) is 4.05. The zero-order valence-corrected chi connectivity index (χ0v) is 14.0. The van der Waals surface area contributed by atoms with Crippen LogP contribution in [0.3, 0.4) is 0 Å². The average Bonchev–Trinajstić information content (AvgIpc) is 2.98. The summed E-state index contributed by atoms with van der Waals surface area (Å²) >= 11 is 5.34. The Labute approximate surface area is 139 Å². The Bertz CT molecular complexity index is 916. The Hall–Kier alpha value is -2.40. The van der Waals surface area contributed by atoms with Crippen LogP contribution >= 0.6 is 12.2 Å². The van der Waals surface area contributed by atoms with Crippen molar-refractivity contribution >= 4 is 12.2 Å². The second-order valence-electron chi connectivity index (χ2n) is 5.78. The van der Waals surface area contributed by atoms with E-state index < -0.39 is 0 Å². The van der Waals surface area contributed by atoms with Crippen LogP contribution in [0, 0.1) is 18.5 Å². The van der Waals surface area contributed by atoms with Gasteiger partial charge in [0.2, 0.25) is 0 Å². The van der Waals surface area contributed by atoms with Crippen LogP contribution in [0.15, 0.2) is 58.3 Å². The summed E-state index contributed by atoms with van der Waals surface area (Å²) in [6.45, 7) is 5.06. The van der Waals surface area contributed by atoms with Gasteiger partial charge in [0, 0.05) is 11.8 Å². The van der Waals surface area contributed by atoms with E-state index in [0.717, 1.165) is 11.1 Å². The van der Waals surface area contributed by atoms with E-state index in [1.165, 1.54) is 11.1 Å². The molecule has 5 heteroatoms. The normalized spacial score (nSPS) is 10.9. The molecule has 3 aromatic rings. The maximum Gasteiger partial charge on any atom is 0.329 e. The van der Waals surface area contributed by atoms with Gasteiger partial charge in [0.15, 0.2) is 0 Å². The Morgan fingerprint density at radius 2 is 1.78 bits per heavy atom. The highest BCUT2D eigenvalue weighted by molar-refractivity contribution is 7.71. The summed E-state index contributed by atoms with van der Waals surface area (Å²) in [7, 11) is 0. The average molecular weight is 326 g/mol. The number of aromatic nitrogens is 2. The van der Waals surface area contributed by atoms with Crippen LogP contribution in [-0.2, 0) is 13.1 Å². The van der Waals surface area contributed by atoms with Crippen LogP contribution in [0.2, 0.25) is 0 Å².